The zero-order valence-electron chi connectivity index (χ0n) is 18.5. The number of hydrogen-bond donors (Lipinski definition) is 2. The molecule has 0 aliphatic carbocycles. The van der Waals surface area contributed by atoms with Crippen molar-refractivity contribution in [3.05, 3.63) is 46.8 Å². The molecule has 2 N–H and O–H groups in total. The lowest BCUT2D eigenvalue weighted by Crippen LogP contribution is -2.46. The molecule has 1 aromatic carbocycles. The second-order valence-corrected chi connectivity index (χ2v) is 7.82. The maximum absolute atomic E-state index is 13.0. The highest BCUT2D eigenvalue weighted by atomic mass is 16.5. The van der Waals surface area contributed by atoms with Crippen LogP contribution >= 0.6 is 0 Å². The molecule has 7 heteroatoms. The Morgan fingerprint density at radius 1 is 1.13 bits per heavy atom. The van der Waals surface area contributed by atoms with E-state index < -0.39 is 12.0 Å². The largest absolute Gasteiger partial charge is 0.465 e. The fourth-order valence-electron chi connectivity index (χ4n) is 4.03. The van der Waals surface area contributed by atoms with Crippen molar-refractivity contribution in [2.75, 3.05) is 50.1 Å². The summed E-state index contributed by atoms with van der Waals surface area (Å²) in [6.45, 7) is 12.9. The number of ether oxygens (including phenoxy) is 1. The Hall–Kier alpha value is -2.80. The van der Waals surface area contributed by atoms with Gasteiger partial charge < -0.3 is 24.8 Å². The normalized spacial score (nSPS) is 15.7. The number of methoxy groups -OCH3 is 1. The lowest BCUT2D eigenvalue weighted by atomic mass is 10.0. The van der Waals surface area contributed by atoms with Gasteiger partial charge in [0.05, 0.1) is 24.4 Å². The van der Waals surface area contributed by atoms with Gasteiger partial charge >= 0.3 is 5.97 Å². The third-order valence-electron chi connectivity index (χ3n) is 5.90. The number of hydrogen-bond acceptors (Lipinski definition) is 6. The van der Waals surface area contributed by atoms with E-state index in [1.54, 1.807) is 13.8 Å². The highest BCUT2D eigenvalue weighted by Crippen LogP contribution is 2.23. The van der Waals surface area contributed by atoms with Gasteiger partial charge in [0.1, 0.15) is 0 Å². The summed E-state index contributed by atoms with van der Waals surface area (Å²) in [7, 11) is 1.34. The maximum atomic E-state index is 13.0. The number of likely N-dealkylation sites (N-methyl/N-ethyl adjacent to an activating group) is 1. The summed E-state index contributed by atoms with van der Waals surface area (Å²) in [5.41, 5.74) is 4.23. The molecule has 162 valence electrons. The average Bonchev–Trinajstić information content (AvgIpc) is 3.07. The fourth-order valence-corrected chi connectivity index (χ4v) is 4.03. The Morgan fingerprint density at radius 3 is 2.33 bits per heavy atom. The topological polar surface area (TPSA) is 77.7 Å². The van der Waals surface area contributed by atoms with E-state index in [2.05, 4.69) is 39.2 Å². The van der Waals surface area contributed by atoms with Crippen LogP contribution in [0, 0.1) is 13.8 Å². The number of aryl methyl sites for hydroxylation is 1. The number of anilines is 2. The summed E-state index contributed by atoms with van der Waals surface area (Å²) in [5.74, 6) is -0.526. The minimum Gasteiger partial charge on any atom is -0.465 e. The van der Waals surface area contributed by atoms with E-state index in [1.165, 1.54) is 12.8 Å². The monoisotopic (exact) mass is 412 g/mol. The Morgan fingerprint density at radius 2 is 1.77 bits per heavy atom. The first-order valence-corrected chi connectivity index (χ1v) is 10.5. The minimum atomic E-state index is -0.439. The van der Waals surface area contributed by atoms with Gasteiger partial charge in [0.15, 0.2) is 0 Å². The number of rotatable bonds is 7. The van der Waals surface area contributed by atoms with Crippen LogP contribution in [0.2, 0.25) is 0 Å². The molecular weight excluding hydrogens is 380 g/mol. The summed E-state index contributed by atoms with van der Waals surface area (Å²) in [6.07, 6.45) is 0. The third-order valence-corrected chi connectivity index (χ3v) is 5.90. The van der Waals surface area contributed by atoms with Crippen molar-refractivity contribution in [3.8, 4) is 0 Å². The Kier molecular flexibility index (Phi) is 6.82. The number of nitrogens with zero attached hydrogens (tertiary/aromatic N) is 2. The number of nitrogens with one attached hydrogen (secondary N) is 2. The summed E-state index contributed by atoms with van der Waals surface area (Å²) >= 11 is 0. The van der Waals surface area contributed by atoms with Crippen molar-refractivity contribution >= 4 is 23.1 Å². The molecule has 1 aliphatic rings. The molecule has 0 radical (unpaired) electrons. The van der Waals surface area contributed by atoms with Crippen LogP contribution < -0.4 is 10.2 Å². The van der Waals surface area contributed by atoms with Crippen molar-refractivity contribution in [1.82, 2.24) is 9.88 Å². The summed E-state index contributed by atoms with van der Waals surface area (Å²) < 4.78 is 4.83. The van der Waals surface area contributed by atoms with Crippen LogP contribution in [-0.2, 0) is 4.74 Å². The smallest absolute Gasteiger partial charge is 0.339 e. The molecule has 2 aromatic rings. The number of benzene rings is 1. The van der Waals surface area contributed by atoms with Crippen molar-refractivity contribution in [2.24, 2.45) is 0 Å². The molecule has 1 atom stereocenters. The maximum Gasteiger partial charge on any atom is 0.339 e. The number of H-pyrrole nitrogens is 1. The Bertz CT molecular complexity index is 896. The van der Waals surface area contributed by atoms with Gasteiger partial charge in [-0.3, -0.25) is 4.79 Å². The Labute approximate surface area is 178 Å². The molecule has 3 rings (SSSR count). The second kappa shape index (κ2) is 9.34. The van der Waals surface area contributed by atoms with Gasteiger partial charge in [-0.05, 0) is 57.1 Å². The number of aromatic nitrogens is 1. The molecule has 0 saturated carbocycles. The molecule has 1 aromatic heterocycles. The number of piperazine rings is 1. The predicted octanol–water partition coefficient (Wildman–Crippen LogP) is 3.24. The number of carbonyl (C=O) groups is 2. The van der Waals surface area contributed by atoms with Gasteiger partial charge in [-0.2, -0.15) is 0 Å². The molecule has 1 fully saturated rings. The molecule has 0 bridgehead atoms. The third kappa shape index (κ3) is 4.51. The van der Waals surface area contributed by atoms with E-state index in [9.17, 15) is 9.59 Å². The van der Waals surface area contributed by atoms with Gasteiger partial charge in [-0.25, -0.2) is 4.79 Å². The molecule has 0 amide bonds. The van der Waals surface area contributed by atoms with Crippen molar-refractivity contribution in [1.29, 1.82) is 0 Å². The van der Waals surface area contributed by atoms with Gasteiger partial charge in [0.25, 0.3) is 0 Å². The van der Waals surface area contributed by atoms with Gasteiger partial charge in [0, 0.05) is 43.2 Å². The lowest BCUT2D eigenvalue weighted by molar-refractivity contribution is 0.0599. The van der Waals surface area contributed by atoms with Crippen LogP contribution in [0.1, 0.15) is 46.0 Å². The second-order valence-electron chi connectivity index (χ2n) is 7.82. The molecule has 0 unspecified atom stereocenters. The average molecular weight is 413 g/mol. The van der Waals surface area contributed by atoms with E-state index in [4.69, 9.17) is 4.74 Å². The molecule has 30 heavy (non-hydrogen) atoms. The fraction of sp³-hybridized carbons (Fsp3) is 0.478. The number of Topliss-reactive ketones (excluding diaryl/α,β-unsaturated/α-hetero) is 1. The molecule has 0 spiro atoms. The summed E-state index contributed by atoms with van der Waals surface area (Å²) in [5, 5.41) is 3.27. The molecule has 1 aliphatic heterocycles. The number of ketones is 1. The zero-order chi connectivity index (χ0) is 21.8. The summed E-state index contributed by atoms with van der Waals surface area (Å²) in [4.78, 5) is 32.8. The van der Waals surface area contributed by atoms with Crippen LogP contribution in [0.3, 0.4) is 0 Å². The molecule has 1 saturated heterocycles. The first kappa shape index (κ1) is 21.9. The number of esters is 1. The van der Waals surface area contributed by atoms with Gasteiger partial charge in [-0.15, -0.1) is 0 Å². The minimum absolute atomic E-state index is 0.0921. The number of aromatic amines is 1. The van der Waals surface area contributed by atoms with E-state index >= 15 is 0 Å². The van der Waals surface area contributed by atoms with Crippen LogP contribution in [0.25, 0.3) is 0 Å². The van der Waals surface area contributed by atoms with Crippen molar-refractivity contribution in [3.63, 3.8) is 0 Å². The zero-order valence-corrected chi connectivity index (χ0v) is 18.5. The SMILES string of the molecule is CCN1CCN(c2ccc(N[C@@H](C)C(=O)c3[nH]c(C)c(C(=O)OC)c3C)cc2)CC1. The first-order valence-electron chi connectivity index (χ1n) is 10.5. The van der Waals surface area contributed by atoms with Crippen LogP contribution in [0.15, 0.2) is 24.3 Å². The lowest BCUT2D eigenvalue weighted by Gasteiger charge is -2.35. The standard InChI is InChI=1S/C23H32N4O3/c1-6-26-11-13-27(14-12-26)19-9-7-18(8-10-19)24-17(4)22(28)21-15(2)20(16(3)25-21)23(29)30-5/h7-10,17,24-25H,6,11-14H2,1-5H3/t17-/m0/s1. The highest BCUT2D eigenvalue weighted by Gasteiger charge is 2.25. The molecule has 7 nitrogen and oxygen atoms in total. The van der Waals surface area contributed by atoms with E-state index in [0.717, 1.165) is 38.4 Å². The quantitative estimate of drug-likeness (QED) is 0.537. The predicted molar refractivity (Wildman–Crippen MR) is 120 cm³/mol. The van der Waals surface area contributed by atoms with Crippen LogP contribution in [-0.4, -0.2) is 67.5 Å². The van der Waals surface area contributed by atoms with Crippen LogP contribution in [0.4, 0.5) is 11.4 Å². The summed E-state index contributed by atoms with van der Waals surface area (Å²) in [6, 6.07) is 7.78. The van der Waals surface area contributed by atoms with Gasteiger partial charge in [0.2, 0.25) is 5.78 Å². The van der Waals surface area contributed by atoms with Crippen LogP contribution in [0.5, 0.6) is 0 Å². The van der Waals surface area contributed by atoms with Crippen molar-refractivity contribution in [2.45, 2.75) is 33.7 Å². The van der Waals surface area contributed by atoms with E-state index in [-0.39, 0.29) is 5.78 Å². The number of carbonyl (C=O) groups excluding carboxylic acids is 2. The molecule has 2 heterocycles. The van der Waals surface area contributed by atoms with E-state index in [0.29, 0.717) is 22.5 Å². The molecular formula is C23H32N4O3. The Balaban J connectivity index is 1.65. The van der Waals surface area contributed by atoms with E-state index in [1.807, 2.05) is 19.1 Å². The highest BCUT2D eigenvalue weighted by molar-refractivity contribution is 6.04. The first-order chi connectivity index (χ1) is 14.3. The van der Waals surface area contributed by atoms with Crippen molar-refractivity contribution < 1.29 is 14.3 Å². The van der Waals surface area contributed by atoms with Gasteiger partial charge in [-0.1, -0.05) is 6.92 Å².